The quantitative estimate of drug-likeness (QED) is 0.499. The van der Waals surface area contributed by atoms with Crippen molar-refractivity contribution in [3.63, 3.8) is 0 Å². The zero-order valence-electron chi connectivity index (χ0n) is 18.5. The van der Waals surface area contributed by atoms with Gasteiger partial charge in [-0.2, -0.15) is 0 Å². The number of amides is 1. The van der Waals surface area contributed by atoms with E-state index in [4.69, 9.17) is 4.74 Å². The summed E-state index contributed by atoms with van der Waals surface area (Å²) in [5, 5.41) is 0. The van der Waals surface area contributed by atoms with E-state index in [1.165, 1.54) is 12.1 Å². The number of aromatic nitrogens is 3. The number of likely N-dealkylation sites (N-methyl/N-ethyl adjacent to an activating group) is 1. The lowest BCUT2D eigenvalue weighted by Crippen LogP contribution is -2.42. The van der Waals surface area contributed by atoms with Crippen molar-refractivity contribution in [1.82, 2.24) is 19.9 Å². The van der Waals surface area contributed by atoms with Gasteiger partial charge in [-0.05, 0) is 45.0 Å². The van der Waals surface area contributed by atoms with Crippen molar-refractivity contribution in [3.8, 4) is 17.3 Å². The molecule has 168 valence electrons. The average Bonchev–Trinajstić information content (AvgIpc) is 2.78. The average molecular weight is 440 g/mol. The Kier molecular flexibility index (Phi) is 7.12. The summed E-state index contributed by atoms with van der Waals surface area (Å²) in [6.07, 6.45) is 4.38. The highest BCUT2D eigenvalue weighted by atomic mass is 19.3. The van der Waals surface area contributed by atoms with Crippen molar-refractivity contribution in [1.29, 1.82) is 0 Å². The topological polar surface area (TPSA) is 68.2 Å². The smallest absolute Gasteiger partial charge is 0.272 e. The Balaban J connectivity index is 1.76. The molecule has 2 aromatic heterocycles. The first kappa shape index (κ1) is 23.2. The molecule has 0 radical (unpaired) electrons. The molecule has 3 rings (SSSR count). The second-order valence-corrected chi connectivity index (χ2v) is 7.65. The van der Waals surface area contributed by atoms with Gasteiger partial charge in [0.05, 0.1) is 11.6 Å². The lowest BCUT2D eigenvalue weighted by atomic mass is 10.0. The highest BCUT2D eigenvalue weighted by Gasteiger charge is 2.26. The third-order valence-electron chi connectivity index (χ3n) is 5.06. The Morgan fingerprint density at radius 3 is 2.47 bits per heavy atom. The number of halogens is 2. The number of alkyl halides is 2. The van der Waals surface area contributed by atoms with Crippen LogP contribution in [-0.2, 0) is 5.92 Å². The van der Waals surface area contributed by atoms with Gasteiger partial charge in [0.25, 0.3) is 11.8 Å². The number of benzene rings is 1. The van der Waals surface area contributed by atoms with Crippen LogP contribution in [0.3, 0.4) is 0 Å². The fourth-order valence-corrected chi connectivity index (χ4v) is 3.30. The Bertz CT molecular complexity index is 1050. The van der Waals surface area contributed by atoms with Crippen LogP contribution in [0.4, 0.5) is 8.78 Å². The van der Waals surface area contributed by atoms with Crippen LogP contribution in [0.5, 0.6) is 5.88 Å². The van der Waals surface area contributed by atoms with Gasteiger partial charge in [0, 0.05) is 49.3 Å². The molecule has 1 atom stereocenters. The molecule has 0 aliphatic carbocycles. The number of pyridine rings is 1. The van der Waals surface area contributed by atoms with Crippen LogP contribution < -0.4 is 4.74 Å². The maximum Gasteiger partial charge on any atom is 0.272 e. The summed E-state index contributed by atoms with van der Waals surface area (Å²) < 4.78 is 32.4. The van der Waals surface area contributed by atoms with E-state index in [-0.39, 0.29) is 30.0 Å². The molecule has 0 unspecified atom stereocenters. The van der Waals surface area contributed by atoms with Crippen molar-refractivity contribution in [3.05, 3.63) is 71.7 Å². The Morgan fingerprint density at radius 1 is 1.16 bits per heavy atom. The summed E-state index contributed by atoms with van der Waals surface area (Å²) in [5.41, 5.74) is 1.98. The van der Waals surface area contributed by atoms with Gasteiger partial charge in [-0.1, -0.05) is 11.6 Å². The SMILES string of the molecule is CCN(C(=O)c1ccc(C)cc1-c1ncccn1)[C@@H](C)COc1ccc(C(C)(F)F)cn1. The monoisotopic (exact) mass is 440 g/mol. The minimum absolute atomic E-state index is 0.164. The molecule has 0 aliphatic rings. The third kappa shape index (κ3) is 5.43. The zero-order valence-corrected chi connectivity index (χ0v) is 18.5. The standard InChI is InChI=1S/C24H26F2N4O2/c1-5-30(17(3)15-32-21-10-8-18(14-29-21)24(4,25)26)23(31)19-9-7-16(2)13-20(19)22-27-11-6-12-28-22/h6-14,17H,5,15H2,1-4H3/t17-/m0/s1. The number of aryl methyl sites for hydroxylation is 1. The van der Waals surface area contributed by atoms with Crippen molar-refractivity contribution in [2.24, 2.45) is 0 Å². The first-order valence-electron chi connectivity index (χ1n) is 10.4. The molecule has 6 nitrogen and oxygen atoms in total. The fourth-order valence-electron chi connectivity index (χ4n) is 3.30. The second kappa shape index (κ2) is 9.80. The van der Waals surface area contributed by atoms with Gasteiger partial charge in [0.1, 0.15) is 6.61 Å². The van der Waals surface area contributed by atoms with Crippen LogP contribution in [0.15, 0.2) is 55.0 Å². The number of rotatable bonds is 8. The van der Waals surface area contributed by atoms with Crippen LogP contribution in [0.25, 0.3) is 11.4 Å². The molecule has 3 aromatic rings. The molecular weight excluding hydrogens is 414 g/mol. The van der Waals surface area contributed by atoms with Crippen LogP contribution in [0.2, 0.25) is 0 Å². The highest BCUT2D eigenvalue weighted by molar-refractivity contribution is 6.00. The molecular formula is C24H26F2N4O2. The van der Waals surface area contributed by atoms with Gasteiger partial charge in [0.2, 0.25) is 5.88 Å². The maximum atomic E-state index is 13.4. The molecule has 1 aromatic carbocycles. The van der Waals surface area contributed by atoms with E-state index in [2.05, 4.69) is 15.0 Å². The molecule has 0 bridgehead atoms. The van der Waals surface area contributed by atoms with Gasteiger partial charge in [-0.15, -0.1) is 0 Å². The summed E-state index contributed by atoms with van der Waals surface area (Å²) in [4.78, 5) is 27.6. The fraction of sp³-hybridized carbons (Fsp3) is 0.333. The summed E-state index contributed by atoms with van der Waals surface area (Å²) in [5.74, 6) is -2.42. The van der Waals surface area contributed by atoms with Gasteiger partial charge in [0.15, 0.2) is 5.82 Å². The molecule has 8 heteroatoms. The van der Waals surface area contributed by atoms with Gasteiger partial charge < -0.3 is 9.64 Å². The Morgan fingerprint density at radius 2 is 1.88 bits per heavy atom. The van der Waals surface area contributed by atoms with Crippen molar-refractivity contribution >= 4 is 5.91 Å². The van der Waals surface area contributed by atoms with Gasteiger partial charge in [-0.3, -0.25) is 4.79 Å². The molecule has 0 saturated carbocycles. The normalized spacial score (nSPS) is 12.3. The Labute approximate surface area is 186 Å². The molecule has 1 amide bonds. The van der Waals surface area contributed by atoms with Crippen molar-refractivity contribution in [2.75, 3.05) is 13.2 Å². The van der Waals surface area contributed by atoms with Crippen LogP contribution in [0.1, 0.15) is 42.3 Å². The molecule has 0 spiro atoms. The van der Waals surface area contributed by atoms with Crippen LogP contribution in [0, 0.1) is 6.92 Å². The number of carbonyl (C=O) groups excluding carboxylic acids is 1. The molecule has 0 N–H and O–H groups in total. The van der Waals surface area contributed by atoms with E-state index in [1.807, 2.05) is 32.9 Å². The first-order chi connectivity index (χ1) is 15.2. The van der Waals surface area contributed by atoms with Gasteiger partial charge in [-0.25, -0.2) is 23.7 Å². The molecule has 0 fully saturated rings. The number of nitrogens with zero attached hydrogens (tertiary/aromatic N) is 4. The highest BCUT2D eigenvalue weighted by Crippen LogP contribution is 2.27. The van der Waals surface area contributed by atoms with Crippen LogP contribution in [-0.4, -0.2) is 45.0 Å². The summed E-state index contributed by atoms with van der Waals surface area (Å²) in [7, 11) is 0. The van der Waals surface area contributed by atoms with E-state index in [0.717, 1.165) is 18.7 Å². The summed E-state index contributed by atoms with van der Waals surface area (Å²) in [6.45, 7) is 7.14. The van der Waals surface area contributed by atoms with Crippen molar-refractivity contribution < 1.29 is 18.3 Å². The minimum atomic E-state index is -2.96. The lowest BCUT2D eigenvalue weighted by Gasteiger charge is -2.28. The third-order valence-corrected chi connectivity index (χ3v) is 5.06. The summed E-state index contributed by atoms with van der Waals surface area (Å²) in [6, 6.07) is 9.69. The van der Waals surface area contributed by atoms with E-state index in [9.17, 15) is 13.6 Å². The van der Waals surface area contributed by atoms with Crippen molar-refractivity contribution in [2.45, 2.75) is 39.7 Å². The molecule has 0 saturated heterocycles. The largest absolute Gasteiger partial charge is 0.475 e. The number of hydrogen-bond donors (Lipinski definition) is 0. The van der Waals surface area contributed by atoms with E-state index in [1.54, 1.807) is 29.4 Å². The number of ether oxygens (including phenoxy) is 1. The first-order valence-corrected chi connectivity index (χ1v) is 10.4. The maximum absolute atomic E-state index is 13.4. The second-order valence-electron chi connectivity index (χ2n) is 7.65. The predicted molar refractivity (Wildman–Crippen MR) is 118 cm³/mol. The molecule has 0 aliphatic heterocycles. The van der Waals surface area contributed by atoms with E-state index in [0.29, 0.717) is 23.5 Å². The van der Waals surface area contributed by atoms with E-state index >= 15 is 0 Å². The zero-order chi connectivity index (χ0) is 23.3. The minimum Gasteiger partial charge on any atom is -0.475 e. The molecule has 2 heterocycles. The number of carbonyl (C=O) groups is 1. The summed E-state index contributed by atoms with van der Waals surface area (Å²) >= 11 is 0. The predicted octanol–water partition coefficient (Wildman–Crippen LogP) is 4.89. The number of hydrogen-bond acceptors (Lipinski definition) is 5. The van der Waals surface area contributed by atoms with Gasteiger partial charge >= 0.3 is 0 Å². The van der Waals surface area contributed by atoms with E-state index < -0.39 is 5.92 Å². The Hall–Kier alpha value is -3.42. The molecule has 32 heavy (non-hydrogen) atoms. The lowest BCUT2D eigenvalue weighted by molar-refractivity contribution is 0.0169. The van der Waals surface area contributed by atoms with Crippen LogP contribution >= 0.6 is 0 Å².